The van der Waals surface area contributed by atoms with Crippen LogP contribution in [0.1, 0.15) is 47.0 Å². The molecule has 0 aliphatic carbocycles. The summed E-state index contributed by atoms with van der Waals surface area (Å²) in [5.74, 6) is -0.465. The SMILES string of the molecule is CCOC(=O)[C@@H]1CCCN(C(=O)Cc2ccc(N(Cc3ccc(C)cc3)C(=O)c3ccco3)cc2)C1. The van der Waals surface area contributed by atoms with E-state index in [0.717, 1.165) is 29.5 Å². The van der Waals surface area contributed by atoms with Crippen LogP contribution >= 0.6 is 0 Å². The lowest BCUT2D eigenvalue weighted by Gasteiger charge is -2.31. The van der Waals surface area contributed by atoms with Gasteiger partial charge in [0.2, 0.25) is 5.91 Å². The molecule has 1 saturated heterocycles. The first kappa shape index (κ1) is 25.2. The maximum absolute atomic E-state index is 13.2. The minimum Gasteiger partial charge on any atom is -0.466 e. The number of benzene rings is 2. The van der Waals surface area contributed by atoms with Gasteiger partial charge in [-0.05, 0) is 62.1 Å². The number of carbonyl (C=O) groups excluding carboxylic acids is 3. The second kappa shape index (κ2) is 11.7. The fraction of sp³-hybridized carbons (Fsp3) is 0.345. The molecule has 7 nitrogen and oxygen atoms in total. The number of amides is 2. The van der Waals surface area contributed by atoms with Crippen LogP contribution in [0.4, 0.5) is 5.69 Å². The van der Waals surface area contributed by atoms with Gasteiger partial charge in [-0.3, -0.25) is 14.4 Å². The average molecular weight is 489 g/mol. The van der Waals surface area contributed by atoms with Crippen molar-refractivity contribution < 1.29 is 23.5 Å². The van der Waals surface area contributed by atoms with Crippen LogP contribution in [0.5, 0.6) is 0 Å². The van der Waals surface area contributed by atoms with Crippen LogP contribution in [-0.4, -0.2) is 42.4 Å². The van der Waals surface area contributed by atoms with Crippen LogP contribution in [0.2, 0.25) is 0 Å². The highest BCUT2D eigenvalue weighted by molar-refractivity contribution is 6.04. The summed E-state index contributed by atoms with van der Waals surface area (Å²) in [6.45, 7) is 5.60. The largest absolute Gasteiger partial charge is 0.466 e. The van der Waals surface area contributed by atoms with Crippen molar-refractivity contribution in [3.8, 4) is 0 Å². The van der Waals surface area contributed by atoms with Gasteiger partial charge in [0, 0.05) is 18.8 Å². The van der Waals surface area contributed by atoms with Crippen molar-refractivity contribution >= 4 is 23.5 Å². The molecule has 36 heavy (non-hydrogen) atoms. The molecule has 0 bridgehead atoms. The zero-order valence-electron chi connectivity index (χ0n) is 20.8. The van der Waals surface area contributed by atoms with E-state index < -0.39 is 0 Å². The maximum Gasteiger partial charge on any atom is 0.310 e. The predicted octanol–water partition coefficient (Wildman–Crippen LogP) is 4.78. The molecule has 2 heterocycles. The van der Waals surface area contributed by atoms with Gasteiger partial charge in [0.1, 0.15) is 0 Å². The zero-order valence-corrected chi connectivity index (χ0v) is 20.8. The summed E-state index contributed by atoms with van der Waals surface area (Å²) in [4.78, 5) is 41.7. The third-order valence-electron chi connectivity index (χ3n) is 6.44. The van der Waals surface area contributed by atoms with Crippen LogP contribution in [0.15, 0.2) is 71.3 Å². The minimum atomic E-state index is -0.257. The number of hydrogen-bond acceptors (Lipinski definition) is 5. The first-order valence-corrected chi connectivity index (χ1v) is 12.4. The van der Waals surface area contributed by atoms with E-state index in [9.17, 15) is 14.4 Å². The van der Waals surface area contributed by atoms with Gasteiger partial charge in [0.15, 0.2) is 5.76 Å². The Morgan fingerprint density at radius 2 is 1.75 bits per heavy atom. The molecule has 0 spiro atoms. The van der Waals surface area contributed by atoms with E-state index in [1.54, 1.807) is 28.9 Å². The van der Waals surface area contributed by atoms with Crippen molar-refractivity contribution in [2.24, 2.45) is 5.92 Å². The molecule has 2 aromatic carbocycles. The van der Waals surface area contributed by atoms with Gasteiger partial charge in [-0.25, -0.2) is 0 Å². The molecule has 1 aromatic heterocycles. The van der Waals surface area contributed by atoms with Crippen LogP contribution < -0.4 is 4.90 Å². The van der Waals surface area contributed by atoms with Gasteiger partial charge in [-0.15, -0.1) is 0 Å². The number of likely N-dealkylation sites (tertiary alicyclic amines) is 1. The van der Waals surface area contributed by atoms with E-state index in [1.165, 1.54) is 6.26 Å². The highest BCUT2D eigenvalue weighted by Gasteiger charge is 2.29. The van der Waals surface area contributed by atoms with Gasteiger partial charge in [-0.1, -0.05) is 42.0 Å². The van der Waals surface area contributed by atoms with Gasteiger partial charge in [0.05, 0.1) is 31.8 Å². The van der Waals surface area contributed by atoms with E-state index in [1.807, 2.05) is 55.5 Å². The average Bonchev–Trinajstić information content (AvgIpc) is 3.44. The molecule has 188 valence electrons. The number of furan rings is 1. The topological polar surface area (TPSA) is 80.1 Å². The molecular weight excluding hydrogens is 456 g/mol. The first-order chi connectivity index (χ1) is 17.4. The molecule has 1 fully saturated rings. The number of hydrogen-bond donors (Lipinski definition) is 0. The van der Waals surface area contributed by atoms with Crippen molar-refractivity contribution in [2.75, 3.05) is 24.6 Å². The maximum atomic E-state index is 13.2. The van der Waals surface area contributed by atoms with E-state index >= 15 is 0 Å². The Kier molecular flexibility index (Phi) is 8.21. The molecule has 0 unspecified atom stereocenters. The number of aryl methyl sites for hydroxylation is 1. The molecule has 4 rings (SSSR count). The van der Waals surface area contributed by atoms with Crippen LogP contribution in [0.25, 0.3) is 0 Å². The number of carbonyl (C=O) groups is 3. The molecule has 1 atom stereocenters. The number of nitrogens with zero attached hydrogens (tertiary/aromatic N) is 2. The van der Waals surface area contributed by atoms with E-state index in [0.29, 0.717) is 31.9 Å². The Hall–Kier alpha value is -3.87. The number of rotatable bonds is 8. The van der Waals surface area contributed by atoms with Crippen molar-refractivity contribution in [2.45, 2.75) is 39.7 Å². The Morgan fingerprint density at radius 1 is 1.03 bits per heavy atom. The van der Waals surface area contributed by atoms with Crippen LogP contribution in [0.3, 0.4) is 0 Å². The summed E-state index contributed by atoms with van der Waals surface area (Å²) in [6, 6.07) is 18.9. The summed E-state index contributed by atoms with van der Waals surface area (Å²) in [6.07, 6.45) is 3.26. The quantitative estimate of drug-likeness (QED) is 0.427. The van der Waals surface area contributed by atoms with E-state index in [2.05, 4.69) is 0 Å². The lowest BCUT2D eigenvalue weighted by atomic mass is 9.97. The molecule has 1 aliphatic heterocycles. The van der Waals surface area contributed by atoms with Gasteiger partial charge in [-0.2, -0.15) is 0 Å². The summed E-state index contributed by atoms with van der Waals surface area (Å²) in [5, 5.41) is 0. The lowest BCUT2D eigenvalue weighted by molar-refractivity contribution is -0.151. The highest BCUT2D eigenvalue weighted by atomic mass is 16.5. The monoisotopic (exact) mass is 488 g/mol. The van der Waals surface area contributed by atoms with Gasteiger partial charge < -0.3 is 19.0 Å². The lowest BCUT2D eigenvalue weighted by Crippen LogP contribution is -2.43. The van der Waals surface area contributed by atoms with Crippen LogP contribution in [-0.2, 0) is 27.3 Å². The van der Waals surface area contributed by atoms with Crippen molar-refractivity contribution in [3.05, 3.63) is 89.4 Å². The predicted molar refractivity (Wildman–Crippen MR) is 136 cm³/mol. The molecule has 0 N–H and O–H groups in total. The van der Waals surface area contributed by atoms with Gasteiger partial charge in [0.25, 0.3) is 5.91 Å². The Labute approximate surface area is 211 Å². The first-order valence-electron chi connectivity index (χ1n) is 12.4. The minimum absolute atomic E-state index is 0.0140. The number of anilines is 1. The highest BCUT2D eigenvalue weighted by Crippen LogP contribution is 2.23. The number of piperidine rings is 1. The summed E-state index contributed by atoms with van der Waals surface area (Å²) >= 11 is 0. The number of ether oxygens (including phenoxy) is 1. The second-order valence-corrected chi connectivity index (χ2v) is 9.13. The van der Waals surface area contributed by atoms with Gasteiger partial charge >= 0.3 is 5.97 Å². The summed E-state index contributed by atoms with van der Waals surface area (Å²) in [5.41, 5.74) is 3.72. The third-order valence-corrected chi connectivity index (χ3v) is 6.44. The smallest absolute Gasteiger partial charge is 0.310 e. The van der Waals surface area contributed by atoms with Crippen molar-refractivity contribution in [3.63, 3.8) is 0 Å². The molecule has 0 radical (unpaired) electrons. The van der Waals surface area contributed by atoms with E-state index in [-0.39, 0.29) is 35.9 Å². The standard InChI is InChI=1S/C29H32N2O5/c1-3-35-29(34)24-6-4-16-30(20-24)27(32)18-22-12-14-25(15-13-22)31(28(33)26-7-5-17-36-26)19-23-10-8-21(2)9-11-23/h5,7-15,17,24H,3-4,6,16,18-20H2,1-2H3/t24-/m1/s1. The second-order valence-electron chi connectivity index (χ2n) is 9.13. The molecule has 3 aromatic rings. The Balaban J connectivity index is 1.46. The van der Waals surface area contributed by atoms with Crippen molar-refractivity contribution in [1.29, 1.82) is 0 Å². The summed E-state index contributed by atoms with van der Waals surface area (Å²) < 4.78 is 10.5. The van der Waals surface area contributed by atoms with Crippen LogP contribution in [0, 0.1) is 12.8 Å². The molecule has 2 amide bonds. The molecule has 0 saturated carbocycles. The summed E-state index contributed by atoms with van der Waals surface area (Å²) in [7, 11) is 0. The fourth-order valence-corrected chi connectivity index (χ4v) is 4.43. The number of esters is 1. The molecule has 7 heteroatoms. The Bertz CT molecular complexity index is 1170. The fourth-order valence-electron chi connectivity index (χ4n) is 4.43. The normalized spacial score (nSPS) is 15.4. The van der Waals surface area contributed by atoms with Crippen molar-refractivity contribution in [1.82, 2.24) is 4.90 Å². The molecule has 1 aliphatic rings. The third kappa shape index (κ3) is 6.22. The zero-order chi connectivity index (χ0) is 25.5. The Morgan fingerprint density at radius 3 is 2.42 bits per heavy atom. The molecular formula is C29H32N2O5. The van der Waals surface area contributed by atoms with E-state index in [4.69, 9.17) is 9.15 Å².